The largest absolute Gasteiger partial charge is 0.465 e. The van der Waals surface area contributed by atoms with Crippen molar-refractivity contribution in [3.8, 4) is 6.07 Å². The molecule has 0 radical (unpaired) electrons. The van der Waals surface area contributed by atoms with Crippen molar-refractivity contribution in [3.05, 3.63) is 27.8 Å². The lowest BCUT2D eigenvalue weighted by atomic mass is 9.84. The highest BCUT2D eigenvalue weighted by Crippen LogP contribution is 2.30. The molecule has 1 amide bonds. The molecular formula is C14H16IN3O2. The average Bonchev–Trinajstić information content (AvgIpc) is 2.41. The number of piperidine rings is 1. The van der Waals surface area contributed by atoms with Gasteiger partial charge in [-0.05, 0) is 53.8 Å². The molecule has 0 aromatic heterocycles. The van der Waals surface area contributed by atoms with Crippen LogP contribution in [0.4, 0.5) is 10.5 Å². The van der Waals surface area contributed by atoms with Gasteiger partial charge in [0.25, 0.3) is 0 Å². The Morgan fingerprint density at radius 2 is 2.20 bits per heavy atom. The summed E-state index contributed by atoms with van der Waals surface area (Å²) in [4.78, 5) is 12.5. The minimum atomic E-state index is -0.918. The number of carboxylic acid groups (broad SMARTS) is 1. The van der Waals surface area contributed by atoms with Gasteiger partial charge in [0, 0.05) is 34.7 Å². The first-order valence-corrected chi connectivity index (χ1v) is 7.48. The van der Waals surface area contributed by atoms with Crippen LogP contribution >= 0.6 is 22.6 Å². The van der Waals surface area contributed by atoms with E-state index in [2.05, 4.69) is 34.0 Å². The lowest BCUT2D eigenvalue weighted by molar-refractivity contribution is 0.101. The number of benzene rings is 1. The van der Waals surface area contributed by atoms with E-state index in [1.54, 1.807) is 0 Å². The summed E-state index contributed by atoms with van der Waals surface area (Å²) >= 11 is 2.23. The zero-order valence-electron chi connectivity index (χ0n) is 11.1. The molecule has 2 N–H and O–H groups in total. The highest BCUT2D eigenvalue weighted by Gasteiger charge is 2.40. The molecule has 0 bridgehead atoms. The molecule has 1 fully saturated rings. The van der Waals surface area contributed by atoms with Gasteiger partial charge in [0.2, 0.25) is 0 Å². The van der Waals surface area contributed by atoms with Gasteiger partial charge in [-0.1, -0.05) is 0 Å². The second-order valence-corrected chi connectivity index (χ2v) is 6.35. The Morgan fingerprint density at radius 1 is 1.55 bits per heavy atom. The number of rotatable bonds is 2. The number of halogens is 1. The number of carbonyl (C=O) groups is 1. The van der Waals surface area contributed by atoms with Gasteiger partial charge >= 0.3 is 6.09 Å². The second kappa shape index (κ2) is 5.87. The molecule has 1 aliphatic rings. The monoisotopic (exact) mass is 385 g/mol. The number of nitriles is 1. The lowest BCUT2D eigenvalue weighted by Gasteiger charge is -2.41. The van der Waals surface area contributed by atoms with Crippen LogP contribution in [0.25, 0.3) is 0 Å². The van der Waals surface area contributed by atoms with Gasteiger partial charge in [0.1, 0.15) is 5.54 Å². The second-order valence-electron chi connectivity index (χ2n) is 5.10. The van der Waals surface area contributed by atoms with Crippen molar-refractivity contribution in [2.45, 2.75) is 31.3 Å². The first-order valence-electron chi connectivity index (χ1n) is 6.40. The molecule has 1 aliphatic heterocycles. The van der Waals surface area contributed by atoms with E-state index in [0.717, 1.165) is 9.26 Å². The Morgan fingerprint density at radius 3 is 2.70 bits per heavy atom. The van der Waals surface area contributed by atoms with E-state index >= 15 is 0 Å². The molecule has 2 unspecified atom stereocenters. The van der Waals surface area contributed by atoms with Crippen molar-refractivity contribution in [1.29, 1.82) is 5.26 Å². The first-order chi connectivity index (χ1) is 9.46. The SMILES string of the molecule is CC1CC(C#N)(Nc2ccc(I)cc2)CCN1C(=O)O. The number of hydrogen-bond donors (Lipinski definition) is 2. The molecule has 1 aromatic rings. The molecule has 2 atom stereocenters. The van der Waals surface area contributed by atoms with Crippen LogP contribution in [0.15, 0.2) is 24.3 Å². The van der Waals surface area contributed by atoms with Crippen LogP contribution in [0.1, 0.15) is 19.8 Å². The highest BCUT2D eigenvalue weighted by molar-refractivity contribution is 14.1. The van der Waals surface area contributed by atoms with Crippen molar-refractivity contribution in [2.24, 2.45) is 0 Å². The third-order valence-corrected chi connectivity index (χ3v) is 4.36. The van der Waals surface area contributed by atoms with Crippen LogP contribution in [0, 0.1) is 14.9 Å². The Hall–Kier alpha value is -1.49. The smallest absolute Gasteiger partial charge is 0.407 e. The quantitative estimate of drug-likeness (QED) is 0.768. The van der Waals surface area contributed by atoms with Gasteiger partial charge in [-0.25, -0.2) is 4.79 Å². The van der Waals surface area contributed by atoms with Gasteiger partial charge < -0.3 is 15.3 Å². The predicted octanol–water partition coefficient (Wildman–Crippen LogP) is 3.13. The molecule has 20 heavy (non-hydrogen) atoms. The maximum absolute atomic E-state index is 11.1. The topological polar surface area (TPSA) is 76.4 Å². The van der Waals surface area contributed by atoms with Crippen molar-refractivity contribution in [3.63, 3.8) is 0 Å². The highest BCUT2D eigenvalue weighted by atomic mass is 127. The number of nitrogens with one attached hydrogen (secondary N) is 1. The molecule has 5 nitrogen and oxygen atoms in total. The zero-order valence-corrected chi connectivity index (χ0v) is 13.3. The van der Waals surface area contributed by atoms with Crippen LogP contribution < -0.4 is 5.32 Å². The number of amides is 1. The average molecular weight is 385 g/mol. The zero-order chi connectivity index (χ0) is 14.8. The summed E-state index contributed by atoms with van der Waals surface area (Å²) < 4.78 is 1.13. The summed E-state index contributed by atoms with van der Waals surface area (Å²) in [6.45, 7) is 2.22. The molecule has 1 saturated heterocycles. The molecule has 6 heteroatoms. The fourth-order valence-electron chi connectivity index (χ4n) is 2.58. The van der Waals surface area contributed by atoms with Gasteiger partial charge in [0.05, 0.1) is 6.07 Å². The fourth-order valence-corrected chi connectivity index (χ4v) is 2.94. The van der Waals surface area contributed by atoms with Crippen LogP contribution in [0.3, 0.4) is 0 Å². The van der Waals surface area contributed by atoms with Crippen molar-refractivity contribution in [2.75, 3.05) is 11.9 Å². The lowest BCUT2D eigenvalue weighted by Crippen LogP contribution is -2.53. The van der Waals surface area contributed by atoms with E-state index in [4.69, 9.17) is 5.11 Å². The maximum Gasteiger partial charge on any atom is 0.407 e. The van der Waals surface area contributed by atoms with Gasteiger partial charge in [-0.15, -0.1) is 0 Å². The summed E-state index contributed by atoms with van der Waals surface area (Å²) in [6, 6.07) is 10.00. The predicted molar refractivity (Wildman–Crippen MR) is 84.6 cm³/mol. The molecule has 1 aromatic carbocycles. The van der Waals surface area contributed by atoms with Crippen molar-refractivity contribution in [1.82, 2.24) is 4.90 Å². The third-order valence-electron chi connectivity index (χ3n) is 3.64. The molecule has 1 heterocycles. The molecule has 0 saturated carbocycles. The van der Waals surface area contributed by atoms with Crippen LogP contribution in [-0.2, 0) is 0 Å². The molecule has 0 spiro atoms. The summed E-state index contributed by atoms with van der Waals surface area (Å²) in [5.74, 6) is 0. The Labute approximate surface area is 131 Å². The molecule has 106 valence electrons. The van der Waals surface area contributed by atoms with Gasteiger partial charge in [0.15, 0.2) is 0 Å². The summed E-state index contributed by atoms with van der Waals surface area (Å²) in [6.07, 6.45) is 0.0618. The Balaban J connectivity index is 2.14. The van der Waals surface area contributed by atoms with Gasteiger partial charge in [-0.2, -0.15) is 5.26 Å². The van der Waals surface area contributed by atoms with E-state index in [1.165, 1.54) is 4.90 Å². The summed E-state index contributed by atoms with van der Waals surface area (Å²) in [5.41, 5.74) is 0.195. The molecular weight excluding hydrogens is 369 g/mol. The fraction of sp³-hybridized carbons (Fsp3) is 0.429. The maximum atomic E-state index is 11.1. The summed E-state index contributed by atoms with van der Waals surface area (Å²) in [7, 11) is 0. The van der Waals surface area contributed by atoms with Gasteiger partial charge in [-0.3, -0.25) is 0 Å². The van der Waals surface area contributed by atoms with Crippen molar-refractivity contribution < 1.29 is 9.90 Å². The summed E-state index contributed by atoms with van der Waals surface area (Å²) in [5, 5.41) is 21.9. The Kier molecular flexibility index (Phi) is 4.38. The van der Waals surface area contributed by atoms with E-state index in [1.807, 2.05) is 31.2 Å². The minimum absolute atomic E-state index is 0.169. The normalized spacial score (nSPS) is 25.9. The van der Waals surface area contributed by atoms with E-state index in [-0.39, 0.29) is 6.04 Å². The van der Waals surface area contributed by atoms with Crippen molar-refractivity contribution >= 4 is 34.4 Å². The van der Waals surface area contributed by atoms with Crippen LogP contribution in [-0.4, -0.2) is 34.2 Å². The third kappa shape index (κ3) is 3.15. The van der Waals surface area contributed by atoms with Crippen LogP contribution in [0.5, 0.6) is 0 Å². The molecule has 0 aliphatic carbocycles. The van der Waals surface area contributed by atoms with E-state index in [0.29, 0.717) is 19.4 Å². The number of anilines is 1. The Bertz CT molecular complexity index is 540. The number of nitrogens with zero attached hydrogens (tertiary/aromatic N) is 2. The minimum Gasteiger partial charge on any atom is -0.465 e. The standard InChI is InChI=1S/C14H16IN3O2/c1-10-8-14(9-16,6-7-18(10)13(19)20)17-12-4-2-11(15)3-5-12/h2-5,10,17H,6-8H2,1H3,(H,19,20). The number of hydrogen-bond acceptors (Lipinski definition) is 3. The van der Waals surface area contributed by atoms with E-state index < -0.39 is 11.6 Å². The van der Waals surface area contributed by atoms with E-state index in [9.17, 15) is 10.1 Å². The first kappa shape index (κ1) is 14.9. The number of likely N-dealkylation sites (tertiary alicyclic amines) is 1. The molecule has 2 rings (SSSR count). The van der Waals surface area contributed by atoms with Crippen LogP contribution in [0.2, 0.25) is 0 Å².